The monoisotopic (exact) mass is 279 g/mol. The second-order valence-corrected chi connectivity index (χ2v) is 6.43. The SMILES string of the molecule is OC1(C2CCc3cccnc32)CCCCc2ccccc21. The Hall–Kier alpha value is -1.67. The van der Waals surface area contributed by atoms with Gasteiger partial charge in [0.2, 0.25) is 0 Å². The van der Waals surface area contributed by atoms with E-state index in [2.05, 4.69) is 35.3 Å². The molecule has 2 heteroatoms. The van der Waals surface area contributed by atoms with Crippen molar-refractivity contribution in [2.24, 2.45) is 0 Å². The van der Waals surface area contributed by atoms with Crippen molar-refractivity contribution in [3.05, 3.63) is 65.0 Å². The number of benzene rings is 1. The van der Waals surface area contributed by atoms with Crippen molar-refractivity contribution in [2.75, 3.05) is 0 Å². The second kappa shape index (κ2) is 4.96. The van der Waals surface area contributed by atoms with Gasteiger partial charge in [0.15, 0.2) is 0 Å². The van der Waals surface area contributed by atoms with Crippen LogP contribution in [0.15, 0.2) is 42.6 Å². The van der Waals surface area contributed by atoms with E-state index in [-0.39, 0.29) is 5.92 Å². The number of aryl methyl sites for hydroxylation is 2. The Bertz CT molecular complexity index is 666. The zero-order valence-corrected chi connectivity index (χ0v) is 12.3. The molecule has 2 aliphatic rings. The van der Waals surface area contributed by atoms with Gasteiger partial charge in [-0.25, -0.2) is 0 Å². The van der Waals surface area contributed by atoms with Crippen molar-refractivity contribution >= 4 is 0 Å². The van der Waals surface area contributed by atoms with Gasteiger partial charge in [-0.1, -0.05) is 30.3 Å². The maximum absolute atomic E-state index is 11.6. The average molecular weight is 279 g/mol. The van der Waals surface area contributed by atoms with Crippen LogP contribution in [-0.4, -0.2) is 10.1 Å². The summed E-state index contributed by atoms with van der Waals surface area (Å²) in [6.07, 6.45) is 8.11. The first-order valence-electron chi connectivity index (χ1n) is 8.03. The van der Waals surface area contributed by atoms with Gasteiger partial charge < -0.3 is 5.11 Å². The summed E-state index contributed by atoms with van der Waals surface area (Å²) < 4.78 is 0. The standard InChI is InChI=1S/C19H21NO/c21-19(17-11-10-15-8-5-13-20-18(15)17)12-4-3-7-14-6-1-2-9-16(14)19/h1-2,5-6,8-9,13,17,21H,3-4,7,10-12H2. The molecule has 0 radical (unpaired) electrons. The maximum atomic E-state index is 11.6. The minimum atomic E-state index is -0.743. The summed E-state index contributed by atoms with van der Waals surface area (Å²) in [6.45, 7) is 0. The predicted octanol–water partition coefficient (Wildman–Crippen LogP) is 3.73. The van der Waals surface area contributed by atoms with Gasteiger partial charge in [0.25, 0.3) is 0 Å². The fourth-order valence-corrected chi connectivity index (χ4v) is 4.24. The lowest BCUT2D eigenvalue weighted by molar-refractivity contribution is -0.00288. The van der Waals surface area contributed by atoms with Crippen LogP contribution in [-0.2, 0) is 18.4 Å². The van der Waals surface area contributed by atoms with Gasteiger partial charge in [0, 0.05) is 17.8 Å². The Labute approximate surface area is 125 Å². The van der Waals surface area contributed by atoms with E-state index < -0.39 is 5.60 Å². The first-order chi connectivity index (χ1) is 10.3. The number of fused-ring (bicyclic) bond motifs is 2. The molecule has 0 saturated heterocycles. The van der Waals surface area contributed by atoms with Crippen molar-refractivity contribution in [3.63, 3.8) is 0 Å². The van der Waals surface area contributed by atoms with E-state index in [1.54, 1.807) is 0 Å². The molecular formula is C19H21NO. The zero-order valence-electron chi connectivity index (χ0n) is 12.3. The summed E-state index contributed by atoms with van der Waals surface area (Å²) in [5.41, 5.74) is 4.16. The highest BCUT2D eigenvalue weighted by atomic mass is 16.3. The lowest BCUT2D eigenvalue weighted by Gasteiger charge is -2.35. The number of aliphatic hydroxyl groups is 1. The maximum Gasteiger partial charge on any atom is 0.0982 e. The molecule has 1 N–H and O–H groups in total. The number of pyridine rings is 1. The highest BCUT2D eigenvalue weighted by Gasteiger charge is 2.44. The fraction of sp³-hybridized carbons (Fsp3) is 0.421. The molecule has 21 heavy (non-hydrogen) atoms. The lowest BCUT2D eigenvalue weighted by atomic mass is 9.76. The smallest absolute Gasteiger partial charge is 0.0982 e. The van der Waals surface area contributed by atoms with Crippen LogP contribution in [0.2, 0.25) is 0 Å². The van der Waals surface area contributed by atoms with Crippen molar-refractivity contribution in [1.82, 2.24) is 4.98 Å². The highest BCUT2D eigenvalue weighted by Crippen LogP contribution is 2.49. The van der Waals surface area contributed by atoms with Crippen LogP contribution in [0.4, 0.5) is 0 Å². The van der Waals surface area contributed by atoms with Gasteiger partial charge in [-0.15, -0.1) is 0 Å². The molecule has 2 unspecified atom stereocenters. The molecular weight excluding hydrogens is 258 g/mol. The topological polar surface area (TPSA) is 33.1 Å². The van der Waals surface area contributed by atoms with E-state index in [1.807, 2.05) is 12.3 Å². The van der Waals surface area contributed by atoms with E-state index in [1.165, 1.54) is 17.5 Å². The van der Waals surface area contributed by atoms with E-state index in [4.69, 9.17) is 0 Å². The summed E-state index contributed by atoms with van der Waals surface area (Å²) in [7, 11) is 0. The molecule has 0 amide bonds. The van der Waals surface area contributed by atoms with Crippen LogP contribution in [0, 0.1) is 0 Å². The van der Waals surface area contributed by atoms with Crippen molar-refractivity contribution in [3.8, 4) is 0 Å². The quantitative estimate of drug-likeness (QED) is 0.807. The highest BCUT2D eigenvalue weighted by molar-refractivity contribution is 5.40. The van der Waals surface area contributed by atoms with Gasteiger partial charge in [0.1, 0.15) is 0 Å². The molecule has 1 aromatic heterocycles. The Balaban J connectivity index is 1.84. The number of rotatable bonds is 1. The van der Waals surface area contributed by atoms with Crippen molar-refractivity contribution in [1.29, 1.82) is 0 Å². The number of hydrogen-bond acceptors (Lipinski definition) is 2. The van der Waals surface area contributed by atoms with Crippen LogP contribution >= 0.6 is 0 Å². The molecule has 2 atom stereocenters. The zero-order chi connectivity index (χ0) is 14.3. The summed E-state index contributed by atoms with van der Waals surface area (Å²) >= 11 is 0. The van der Waals surface area contributed by atoms with Gasteiger partial charge in [-0.2, -0.15) is 0 Å². The van der Waals surface area contributed by atoms with E-state index >= 15 is 0 Å². The number of nitrogens with zero attached hydrogens (tertiary/aromatic N) is 1. The van der Waals surface area contributed by atoms with Crippen LogP contribution in [0.25, 0.3) is 0 Å². The third-order valence-electron chi connectivity index (χ3n) is 5.27. The van der Waals surface area contributed by atoms with Gasteiger partial charge >= 0.3 is 0 Å². The van der Waals surface area contributed by atoms with Gasteiger partial charge in [0.05, 0.1) is 5.60 Å². The van der Waals surface area contributed by atoms with Gasteiger partial charge in [-0.05, 0) is 61.3 Å². The second-order valence-electron chi connectivity index (χ2n) is 6.43. The molecule has 0 saturated carbocycles. The fourth-order valence-electron chi connectivity index (χ4n) is 4.24. The molecule has 1 heterocycles. The summed E-state index contributed by atoms with van der Waals surface area (Å²) in [6, 6.07) is 12.6. The van der Waals surface area contributed by atoms with Crippen molar-refractivity contribution < 1.29 is 5.11 Å². The number of aromatic nitrogens is 1. The van der Waals surface area contributed by atoms with Crippen LogP contribution in [0.3, 0.4) is 0 Å². The largest absolute Gasteiger partial charge is 0.384 e. The molecule has 108 valence electrons. The van der Waals surface area contributed by atoms with E-state index in [0.717, 1.165) is 43.4 Å². The van der Waals surface area contributed by atoms with Crippen LogP contribution < -0.4 is 0 Å². The molecule has 2 aromatic rings. The summed E-state index contributed by atoms with van der Waals surface area (Å²) in [5, 5.41) is 11.6. The first kappa shape index (κ1) is 13.0. The minimum absolute atomic E-state index is 0.146. The van der Waals surface area contributed by atoms with Crippen LogP contribution in [0.5, 0.6) is 0 Å². The van der Waals surface area contributed by atoms with E-state index in [0.29, 0.717) is 0 Å². The average Bonchev–Trinajstić information content (AvgIpc) is 2.89. The van der Waals surface area contributed by atoms with Crippen LogP contribution in [0.1, 0.15) is 54.0 Å². The Kier molecular flexibility index (Phi) is 3.07. The third kappa shape index (κ3) is 2.01. The number of hydrogen-bond donors (Lipinski definition) is 1. The molecule has 1 aromatic carbocycles. The van der Waals surface area contributed by atoms with Gasteiger partial charge in [-0.3, -0.25) is 4.98 Å². The minimum Gasteiger partial charge on any atom is -0.384 e. The Morgan fingerprint density at radius 3 is 2.81 bits per heavy atom. The van der Waals surface area contributed by atoms with Crippen molar-refractivity contribution in [2.45, 2.75) is 50.0 Å². The molecule has 0 aliphatic heterocycles. The normalized spacial score (nSPS) is 27.8. The molecule has 0 spiro atoms. The molecule has 0 bridgehead atoms. The summed E-state index contributed by atoms with van der Waals surface area (Å²) in [4.78, 5) is 4.60. The van der Waals surface area contributed by atoms with E-state index in [9.17, 15) is 5.11 Å². The molecule has 2 aliphatic carbocycles. The molecule has 4 rings (SSSR count). The lowest BCUT2D eigenvalue weighted by Crippen LogP contribution is -2.33. The molecule has 2 nitrogen and oxygen atoms in total. The Morgan fingerprint density at radius 2 is 1.86 bits per heavy atom. The summed E-state index contributed by atoms with van der Waals surface area (Å²) in [5.74, 6) is 0.146. The third-order valence-corrected chi connectivity index (χ3v) is 5.27. The first-order valence-corrected chi connectivity index (χ1v) is 8.03. The molecule has 0 fully saturated rings. The Morgan fingerprint density at radius 1 is 1.00 bits per heavy atom. The predicted molar refractivity (Wildman–Crippen MR) is 83.2 cm³/mol.